The van der Waals surface area contributed by atoms with Gasteiger partial charge in [-0.15, -0.1) is 0 Å². The first kappa shape index (κ1) is 16.1. The van der Waals surface area contributed by atoms with Crippen molar-refractivity contribution in [3.8, 4) is 17.9 Å². The lowest BCUT2D eigenvalue weighted by molar-refractivity contribution is -0.133. The van der Waals surface area contributed by atoms with Crippen LogP contribution in [-0.2, 0) is 4.79 Å². The second-order valence-corrected chi connectivity index (χ2v) is 4.22. The van der Waals surface area contributed by atoms with Gasteiger partial charge in [0.2, 0.25) is 0 Å². The van der Waals surface area contributed by atoms with Gasteiger partial charge in [0.15, 0.2) is 0 Å². The van der Waals surface area contributed by atoms with Gasteiger partial charge < -0.3 is 15.7 Å². The van der Waals surface area contributed by atoms with Crippen LogP contribution in [-0.4, -0.2) is 18.1 Å². The fourth-order valence-corrected chi connectivity index (χ4v) is 1.65. The van der Waals surface area contributed by atoms with Crippen LogP contribution in [0.2, 0.25) is 0 Å². The Morgan fingerprint density at radius 1 is 1.29 bits per heavy atom. The maximum Gasteiger partial charge on any atom is 0.353 e. The van der Waals surface area contributed by atoms with E-state index in [0.717, 1.165) is 11.3 Å². The molecule has 1 aromatic carbocycles. The van der Waals surface area contributed by atoms with Gasteiger partial charge in [0.25, 0.3) is 0 Å². The number of nitriles is 1. The van der Waals surface area contributed by atoms with E-state index in [1.807, 2.05) is 30.3 Å². The van der Waals surface area contributed by atoms with Gasteiger partial charge in [-0.2, -0.15) is 5.26 Å². The molecule has 5 nitrogen and oxygen atoms in total. The molecule has 0 bridgehead atoms. The van der Waals surface area contributed by atoms with E-state index in [1.54, 1.807) is 14.0 Å². The van der Waals surface area contributed by atoms with E-state index in [1.165, 1.54) is 0 Å². The number of hydrogen-bond acceptors (Lipinski definition) is 4. The molecule has 3 N–H and O–H groups in total. The number of nitrogens with zero attached hydrogens (tertiary/aromatic N) is 1. The third kappa shape index (κ3) is 5.30. The molecule has 0 saturated carbocycles. The summed E-state index contributed by atoms with van der Waals surface area (Å²) >= 11 is 0. The molecule has 0 aliphatic rings. The number of carbonyl (C=O) groups is 1. The Kier molecular flexibility index (Phi) is 6.37. The van der Waals surface area contributed by atoms with Crippen LogP contribution in [0, 0.1) is 23.2 Å². The highest BCUT2D eigenvalue weighted by Crippen LogP contribution is 2.13. The van der Waals surface area contributed by atoms with Crippen molar-refractivity contribution in [2.24, 2.45) is 0 Å². The number of nitrogens with one attached hydrogen (secondary N) is 2. The highest BCUT2D eigenvalue weighted by Gasteiger charge is 2.09. The predicted octanol–water partition coefficient (Wildman–Crippen LogP) is 2.29. The molecule has 0 aliphatic carbocycles. The third-order valence-corrected chi connectivity index (χ3v) is 2.65. The predicted molar refractivity (Wildman–Crippen MR) is 81.2 cm³/mol. The van der Waals surface area contributed by atoms with Gasteiger partial charge in [-0.25, -0.2) is 4.79 Å². The van der Waals surface area contributed by atoms with E-state index in [-0.39, 0.29) is 5.70 Å². The van der Waals surface area contributed by atoms with Crippen LogP contribution in [0.4, 0.5) is 5.69 Å². The lowest BCUT2D eigenvalue weighted by atomic mass is 10.2. The molecule has 0 unspecified atom stereocenters. The number of benzene rings is 1. The van der Waals surface area contributed by atoms with Gasteiger partial charge in [0.05, 0.1) is 6.07 Å². The molecule has 0 radical (unpaired) electrons. The summed E-state index contributed by atoms with van der Waals surface area (Å²) in [5, 5.41) is 23.1. The van der Waals surface area contributed by atoms with Gasteiger partial charge in [-0.1, -0.05) is 11.8 Å². The van der Waals surface area contributed by atoms with Gasteiger partial charge >= 0.3 is 5.97 Å². The van der Waals surface area contributed by atoms with E-state index in [4.69, 9.17) is 10.4 Å². The topological polar surface area (TPSA) is 85.2 Å². The minimum absolute atomic E-state index is 0.121. The number of hydrogen-bond donors (Lipinski definition) is 3. The normalized spacial score (nSPS) is 10.5. The quantitative estimate of drug-likeness (QED) is 0.438. The van der Waals surface area contributed by atoms with E-state index in [0.29, 0.717) is 18.5 Å². The van der Waals surface area contributed by atoms with Crippen molar-refractivity contribution in [1.29, 1.82) is 5.26 Å². The molecule has 1 aromatic rings. The van der Waals surface area contributed by atoms with Crippen molar-refractivity contribution in [2.75, 3.05) is 12.4 Å². The van der Waals surface area contributed by atoms with Crippen LogP contribution in [0.15, 0.2) is 35.7 Å². The lowest BCUT2D eigenvalue weighted by Crippen LogP contribution is -2.20. The summed E-state index contributed by atoms with van der Waals surface area (Å²) < 4.78 is 0. The van der Waals surface area contributed by atoms with E-state index < -0.39 is 5.97 Å². The zero-order valence-corrected chi connectivity index (χ0v) is 12.0. The summed E-state index contributed by atoms with van der Waals surface area (Å²) in [6.07, 6.45) is 0.987. The van der Waals surface area contributed by atoms with Crippen LogP contribution in [0.3, 0.4) is 0 Å². The number of rotatable bonds is 5. The Bertz CT molecular complexity index is 628. The number of allylic oxidation sites excluding steroid dienone is 1. The van der Waals surface area contributed by atoms with Crippen LogP contribution in [0.25, 0.3) is 0 Å². The molecule has 1 rings (SSSR count). The van der Waals surface area contributed by atoms with Gasteiger partial charge in [-0.05, 0) is 31.2 Å². The minimum atomic E-state index is -1.01. The van der Waals surface area contributed by atoms with Gasteiger partial charge in [0, 0.05) is 36.8 Å². The fourth-order valence-electron chi connectivity index (χ4n) is 1.65. The van der Waals surface area contributed by atoms with Crippen molar-refractivity contribution < 1.29 is 9.90 Å². The lowest BCUT2D eigenvalue weighted by Gasteiger charge is -2.10. The van der Waals surface area contributed by atoms with Crippen molar-refractivity contribution in [3.63, 3.8) is 0 Å². The van der Waals surface area contributed by atoms with Crippen molar-refractivity contribution in [3.05, 3.63) is 41.2 Å². The van der Waals surface area contributed by atoms with E-state index >= 15 is 0 Å². The number of unbranched alkanes of at least 4 members (excludes halogenated alkanes) is 1. The molecule has 0 spiro atoms. The minimum Gasteiger partial charge on any atom is -0.477 e. The molecule has 108 valence electrons. The molecule has 0 atom stereocenters. The summed E-state index contributed by atoms with van der Waals surface area (Å²) in [4.78, 5) is 11.0. The first-order valence-electron chi connectivity index (χ1n) is 6.43. The monoisotopic (exact) mass is 283 g/mol. The number of aliphatic carboxylic acids is 1. The molecule has 0 saturated heterocycles. The Hall–Kier alpha value is -2.92. The number of likely N-dealkylation sites (N-methyl/N-ethyl adjacent to an activating group) is 1. The first-order valence-corrected chi connectivity index (χ1v) is 6.43. The molecule has 0 heterocycles. The summed E-state index contributed by atoms with van der Waals surface area (Å²) in [6.45, 7) is 1.69. The summed E-state index contributed by atoms with van der Waals surface area (Å²) in [5.41, 5.74) is 2.28. The van der Waals surface area contributed by atoms with Crippen molar-refractivity contribution >= 4 is 11.7 Å². The second kappa shape index (κ2) is 8.29. The Morgan fingerprint density at radius 2 is 1.95 bits per heavy atom. The average Bonchev–Trinajstić information content (AvgIpc) is 2.45. The van der Waals surface area contributed by atoms with Crippen LogP contribution < -0.4 is 10.6 Å². The van der Waals surface area contributed by atoms with E-state index in [9.17, 15) is 4.79 Å². The highest BCUT2D eigenvalue weighted by molar-refractivity contribution is 5.87. The highest BCUT2D eigenvalue weighted by atomic mass is 16.4. The Labute approximate surface area is 124 Å². The zero-order valence-electron chi connectivity index (χ0n) is 12.0. The number of carboxylic acids is 1. The fraction of sp³-hybridized carbons (Fsp3) is 0.250. The van der Waals surface area contributed by atoms with Gasteiger partial charge in [-0.3, -0.25) is 0 Å². The van der Waals surface area contributed by atoms with Crippen LogP contribution in [0.1, 0.15) is 25.3 Å². The van der Waals surface area contributed by atoms with E-state index in [2.05, 4.69) is 22.5 Å². The Morgan fingerprint density at radius 3 is 2.48 bits per heavy atom. The molecular formula is C16H17N3O2. The molecule has 21 heavy (non-hydrogen) atoms. The first-order chi connectivity index (χ1) is 10.1. The average molecular weight is 283 g/mol. The number of carboxylic acid groups (broad SMARTS) is 1. The second-order valence-electron chi connectivity index (χ2n) is 4.22. The molecule has 0 fully saturated rings. The third-order valence-electron chi connectivity index (χ3n) is 2.65. The SMILES string of the molecule is CN/C(C(=O)O)=C(/C)Nc1ccc(C#CCCC#N)cc1. The molecule has 0 aliphatic heterocycles. The molecular weight excluding hydrogens is 266 g/mol. The van der Waals surface area contributed by atoms with Crippen LogP contribution in [0.5, 0.6) is 0 Å². The van der Waals surface area contributed by atoms with Crippen LogP contribution >= 0.6 is 0 Å². The van der Waals surface area contributed by atoms with Gasteiger partial charge in [0.1, 0.15) is 5.70 Å². The molecule has 5 heteroatoms. The largest absolute Gasteiger partial charge is 0.477 e. The molecule has 0 aromatic heterocycles. The smallest absolute Gasteiger partial charge is 0.353 e. The summed E-state index contributed by atoms with van der Waals surface area (Å²) in [7, 11) is 1.56. The molecule has 0 amide bonds. The maximum absolute atomic E-state index is 11.0. The summed E-state index contributed by atoms with van der Waals surface area (Å²) in [5.74, 6) is 4.87. The maximum atomic E-state index is 11.0. The summed E-state index contributed by atoms with van der Waals surface area (Å²) in [6, 6.07) is 9.38. The Balaban J connectivity index is 2.77. The standard InChI is InChI=1S/C16H17N3O2/c1-12(15(18-2)16(20)21)19-14-9-7-13(8-10-14)6-4-3-5-11-17/h7-10,18-19H,3,5H2,1-2H3,(H,20,21)/b15-12-. The van der Waals surface area contributed by atoms with Crippen molar-refractivity contribution in [2.45, 2.75) is 19.8 Å². The zero-order chi connectivity index (χ0) is 15.7. The number of anilines is 1. The van der Waals surface area contributed by atoms with Crippen molar-refractivity contribution in [1.82, 2.24) is 5.32 Å².